The molecule has 21 heavy (non-hydrogen) atoms. The molecule has 8 nitrogen and oxygen atoms in total. The first-order valence-electron chi connectivity index (χ1n) is 6.12. The van der Waals surface area contributed by atoms with Gasteiger partial charge in [-0.3, -0.25) is 4.79 Å². The number of methoxy groups -OCH3 is 1. The van der Waals surface area contributed by atoms with Crippen LogP contribution < -0.4 is 4.72 Å². The van der Waals surface area contributed by atoms with Gasteiger partial charge in [-0.15, -0.1) is 0 Å². The zero-order valence-corrected chi connectivity index (χ0v) is 12.5. The molecule has 2 N–H and O–H groups in total. The van der Waals surface area contributed by atoms with Crippen LogP contribution in [0.4, 0.5) is 0 Å². The predicted octanol–water partition coefficient (Wildman–Crippen LogP) is 0.659. The largest absolute Gasteiger partial charge is 0.478 e. The SMILES string of the molecule is COC(=O)CCCS(=O)(=O)NCc1cc(C(=O)O)c(C)o1. The maximum absolute atomic E-state index is 11.7. The van der Waals surface area contributed by atoms with Gasteiger partial charge in [-0.1, -0.05) is 0 Å². The first-order chi connectivity index (χ1) is 9.75. The summed E-state index contributed by atoms with van der Waals surface area (Å²) in [7, 11) is -2.34. The standard InChI is InChI=1S/C12H17NO7S/c1-8-10(12(15)16)6-9(20-8)7-13-21(17,18)5-3-4-11(14)19-2/h6,13H,3-5,7H2,1-2H3,(H,15,16). The fourth-order valence-electron chi connectivity index (χ4n) is 1.60. The number of carbonyl (C=O) groups excluding carboxylic acids is 1. The van der Waals surface area contributed by atoms with Crippen molar-refractivity contribution in [2.24, 2.45) is 0 Å². The normalized spacial score (nSPS) is 11.3. The Labute approximate surface area is 122 Å². The number of hydrogen-bond donors (Lipinski definition) is 2. The summed E-state index contributed by atoms with van der Waals surface area (Å²) in [6.07, 6.45) is 0.153. The molecule has 0 aliphatic heterocycles. The minimum Gasteiger partial charge on any atom is -0.478 e. The lowest BCUT2D eigenvalue weighted by molar-refractivity contribution is -0.140. The molecule has 0 atom stereocenters. The third kappa shape index (κ3) is 5.56. The Morgan fingerprint density at radius 3 is 2.62 bits per heavy atom. The van der Waals surface area contributed by atoms with Crippen molar-refractivity contribution in [1.29, 1.82) is 0 Å². The van der Waals surface area contributed by atoms with E-state index in [2.05, 4.69) is 9.46 Å². The van der Waals surface area contributed by atoms with Gasteiger partial charge in [0, 0.05) is 6.42 Å². The van der Waals surface area contributed by atoms with Crippen LogP contribution in [0.2, 0.25) is 0 Å². The molecule has 1 aromatic heterocycles. The van der Waals surface area contributed by atoms with Crippen molar-refractivity contribution in [3.63, 3.8) is 0 Å². The molecule has 0 spiro atoms. The lowest BCUT2D eigenvalue weighted by Gasteiger charge is -2.04. The van der Waals surface area contributed by atoms with E-state index in [1.165, 1.54) is 20.1 Å². The van der Waals surface area contributed by atoms with E-state index in [0.29, 0.717) is 0 Å². The van der Waals surface area contributed by atoms with E-state index in [4.69, 9.17) is 9.52 Å². The summed E-state index contributed by atoms with van der Waals surface area (Å²) in [5, 5.41) is 8.86. The van der Waals surface area contributed by atoms with E-state index in [1.807, 2.05) is 0 Å². The van der Waals surface area contributed by atoms with Crippen molar-refractivity contribution in [3.05, 3.63) is 23.2 Å². The fraction of sp³-hybridized carbons (Fsp3) is 0.500. The van der Waals surface area contributed by atoms with E-state index in [-0.39, 0.29) is 42.2 Å². The summed E-state index contributed by atoms with van der Waals surface area (Å²) >= 11 is 0. The number of carboxylic acid groups (broad SMARTS) is 1. The first-order valence-corrected chi connectivity index (χ1v) is 7.77. The van der Waals surface area contributed by atoms with Crippen molar-refractivity contribution in [3.8, 4) is 0 Å². The second-order valence-corrected chi connectivity index (χ2v) is 6.23. The van der Waals surface area contributed by atoms with Crippen LogP contribution in [0.1, 0.15) is 34.7 Å². The smallest absolute Gasteiger partial charge is 0.339 e. The van der Waals surface area contributed by atoms with Crippen LogP contribution in [0.3, 0.4) is 0 Å². The molecule has 0 bridgehead atoms. The molecular weight excluding hydrogens is 302 g/mol. The minimum atomic E-state index is -3.57. The van der Waals surface area contributed by atoms with Crippen LogP contribution >= 0.6 is 0 Å². The molecule has 0 saturated heterocycles. The lowest BCUT2D eigenvalue weighted by atomic mass is 10.2. The predicted molar refractivity (Wildman–Crippen MR) is 72.3 cm³/mol. The Hall–Kier alpha value is -1.87. The minimum absolute atomic E-state index is 0.00473. The summed E-state index contributed by atoms with van der Waals surface area (Å²) in [5.74, 6) is -1.42. The van der Waals surface area contributed by atoms with Crippen LogP contribution in [0.5, 0.6) is 0 Å². The van der Waals surface area contributed by atoms with Gasteiger partial charge in [0.25, 0.3) is 0 Å². The van der Waals surface area contributed by atoms with Gasteiger partial charge in [-0.2, -0.15) is 0 Å². The maximum Gasteiger partial charge on any atom is 0.339 e. The van der Waals surface area contributed by atoms with Crippen LogP contribution in [-0.4, -0.2) is 38.3 Å². The van der Waals surface area contributed by atoms with Crippen molar-refractivity contribution < 1.29 is 32.3 Å². The Morgan fingerprint density at radius 2 is 2.10 bits per heavy atom. The Bertz CT molecular complexity index is 618. The van der Waals surface area contributed by atoms with E-state index < -0.39 is 22.0 Å². The molecule has 9 heteroatoms. The van der Waals surface area contributed by atoms with Crippen LogP contribution in [0, 0.1) is 6.92 Å². The van der Waals surface area contributed by atoms with E-state index in [9.17, 15) is 18.0 Å². The highest BCUT2D eigenvalue weighted by atomic mass is 32.2. The highest BCUT2D eigenvalue weighted by molar-refractivity contribution is 7.89. The van der Waals surface area contributed by atoms with Gasteiger partial charge in [-0.05, 0) is 19.4 Å². The number of rotatable bonds is 8. The summed E-state index contributed by atoms with van der Waals surface area (Å²) in [6.45, 7) is 1.34. The average molecular weight is 319 g/mol. The number of ether oxygens (including phenoxy) is 1. The number of esters is 1. The number of hydrogen-bond acceptors (Lipinski definition) is 6. The van der Waals surface area contributed by atoms with Crippen molar-refractivity contribution in [1.82, 2.24) is 4.72 Å². The van der Waals surface area contributed by atoms with Crippen LogP contribution in [0.15, 0.2) is 10.5 Å². The Balaban J connectivity index is 2.51. The van der Waals surface area contributed by atoms with Gasteiger partial charge in [0.05, 0.1) is 19.4 Å². The molecule has 0 aliphatic rings. The van der Waals surface area contributed by atoms with Gasteiger partial charge in [-0.25, -0.2) is 17.9 Å². The number of carbonyl (C=O) groups is 2. The lowest BCUT2D eigenvalue weighted by Crippen LogP contribution is -2.26. The molecule has 0 aliphatic carbocycles. The van der Waals surface area contributed by atoms with E-state index in [1.54, 1.807) is 0 Å². The van der Waals surface area contributed by atoms with Crippen molar-refractivity contribution >= 4 is 22.0 Å². The van der Waals surface area contributed by atoms with Crippen LogP contribution in [-0.2, 0) is 26.1 Å². The van der Waals surface area contributed by atoms with E-state index in [0.717, 1.165) is 0 Å². The molecule has 0 fully saturated rings. The van der Waals surface area contributed by atoms with Gasteiger partial charge in [0.2, 0.25) is 10.0 Å². The zero-order chi connectivity index (χ0) is 16.0. The molecule has 118 valence electrons. The summed E-state index contributed by atoms with van der Waals surface area (Å²) in [4.78, 5) is 21.7. The number of nitrogens with one attached hydrogen (secondary N) is 1. The average Bonchev–Trinajstić information content (AvgIpc) is 2.77. The monoisotopic (exact) mass is 319 g/mol. The molecule has 0 saturated carbocycles. The Kier molecular flexibility index (Phi) is 5.91. The third-order valence-corrected chi connectivity index (χ3v) is 4.10. The van der Waals surface area contributed by atoms with Gasteiger partial charge in [0.1, 0.15) is 17.1 Å². The summed E-state index contributed by atoms with van der Waals surface area (Å²) < 4.78 is 35.2. The summed E-state index contributed by atoms with van der Waals surface area (Å²) in [6, 6.07) is 1.27. The molecule has 0 unspecified atom stereocenters. The summed E-state index contributed by atoms with van der Waals surface area (Å²) in [5.41, 5.74) is -0.00473. The molecule has 1 aromatic rings. The molecule has 0 amide bonds. The number of carboxylic acids is 1. The highest BCUT2D eigenvalue weighted by Crippen LogP contribution is 2.14. The quantitative estimate of drug-likeness (QED) is 0.675. The van der Waals surface area contributed by atoms with Gasteiger partial charge < -0.3 is 14.3 Å². The van der Waals surface area contributed by atoms with E-state index >= 15 is 0 Å². The van der Waals surface area contributed by atoms with Gasteiger partial charge in [0.15, 0.2) is 0 Å². The third-order valence-electron chi connectivity index (χ3n) is 2.69. The van der Waals surface area contributed by atoms with Crippen LogP contribution in [0.25, 0.3) is 0 Å². The molecule has 0 aromatic carbocycles. The molecule has 1 rings (SSSR count). The molecule has 0 radical (unpaired) electrons. The number of sulfonamides is 1. The zero-order valence-electron chi connectivity index (χ0n) is 11.7. The van der Waals surface area contributed by atoms with Crippen molar-refractivity contribution in [2.45, 2.75) is 26.3 Å². The second kappa shape index (κ2) is 7.23. The van der Waals surface area contributed by atoms with Crippen molar-refractivity contribution in [2.75, 3.05) is 12.9 Å². The first kappa shape index (κ1) is 17.2. The number of furan rings is 1. The van der Waals surface area contributed by atoms with Gasteiger partial charge >= 0.3 is 11.9 Å². The fourth-order valence-corrected chi connectivity index (χ4v) is 2.64. The topological polar surface area (TPSA) is 123 Å². The maximum atomic E-state index is 11.7. The Morgan fingerprint density at radius 1 is 1.43 bits per heavy atom. The number of aryl methyl sites for hydroxylation is 1. The second-order valence-electron chi connectivity index (χ2n) is 4.31. The highest BCUT2D eigenvalue weighted by Gasteiger charge is 2.16. The number of aromatic carboxylic acids is 1. The molecule has 1 heterocycles. The molecular formula is C12H17NO7S.